The zero-order chi connectivity index (χ0) is 15.6. The van der Waals surface area contributed by atoms with Crippen molar-refractivity contribution in [1.82, 2.24) is 9.71 Å². The van der Waals surface area contributed by atoms with Crippen LogP contribution in [-0.2, 0) is 10.0 Å². The summed E-state index contributed by atoms with van der Waals surface area (Å²) < 4.78 is 31.9. The molecule has 2 rings (SSSR count). The molecule has 2 aromatic rings. The van der Waals surface area contributed by atoms with Crippen molar-refractivity contribution in [2.45, 2.75) is 24.8 Å². The maximum atomic E-state index is 12.3. The number of hydrogen-bond donors (Lipinski definition) is 2. The fourth-order valence-electron chi connectivity index (χ4n) is 1.83. The van der Waals surface area contributed by atoms with Gasteiger partial charge in [0.1, 0.15) is 10.7 Å². The monoisotopic (exact) mass is 310 g/mol. The molecule has 2 aromatic heterocycles. The van der Waals surface area contributed by atoms with Crippen LogP contribution < -0.4 is 4.72 Å². The van der Waals surface area contributed by atoms with Crippen LogP contribution in [0.5, 0.6) is 0 Å². The first kappa shape index (κ1) is 15.2. The third-order valence-corrected chi connectivity index (χ3v) is 4.48. The number of carboxylic acids is 1. The highest BCUT2D eigenvalue weighted by Gasteiger charge is 2.25. The maximum absolute atomic E-state index is 12.3. The van der Waals surface area contributed by atoms with E-state index in [0.717, 1.165) is 6.07 Å². The summed E-state index contributed by atoms with van der Waals surface area (Å²) in [6.07, 6.45) is 1.56. The molecule has 0 saturated carbocycles. The van der Waals surface area contributed by atoms with Crippen molar-refractivity contribution in [2.24, 2.45) is 0 Å². The lowest BCUT2D eigenvalue weighted by molar-refractivity contribution is 0.0661. The summed E-state index contributed by atoms with van der Waals surface area (Å²) in [5.41, 5.74) is 0.556. The fraction of sp³-hybridized carbons (Fsp3) is 0.231. The van der Waals surface area contributed by atoms with Gasteiger partial charge in [-0.15, -0.1) is 0 Å². The fourth-order valence-corrected chi connectivity index (χ4v) is 3.22. The Bertz CT molecular complexity index is 752. The summed E-state index contributed by atoms with van der Waals surface area (Å²) >= 11 is 0. The first-order valence-corrected chi connectivity index (χ1v) is 7.56. The Balaban J connectivity index is 2.29. The molecule has 0 spiro atoms. The normalized spacial score (nSPS) is 13.0. The number of carboxylic acid groups (broad SMARTS) is 1. The van der Waals surface area contributed by atoms with E-state index in [0.29, 0.717) is 5.69 Å². The van der Waals surface area contributed by atoms with Gasteiger partial charge in [-0.05, 0) is 26.0 Å². The average Bonchev–Trinajstić information content (AvgIpc) is 2.82. The summed E-state index contributed by atoms with van der Waals surface area (Å²) in [5.74, 6) is -1.72. The zero-order valence-electron chi connectivity index (χ0n) is 11.4. The molecule has 7 nitrogen and oxygen atoms in total. The van der Waals surface area contributed by atoms with Gasteiger partial charge in [0, 0.05) is 12.3 Å². The van der Waals surface area contributed by atoms with E-state index >= 15 is 0 Å². The highest BCUT2D eigenvalue weighted by atomic mass is 32.2. The molecule has 112 valence electrons. The predicted molar refractivity (Wildman–Crippen MR) is 73.4 cm³/mol. The molecule has 0 aliphatic carbocycles. The van der Waals surface area contributed by atoms with Gasteiger partial charge >= 0.3 is 5.97 Å². The molecule has 1 unspecified atom stereocenters. The quantitative estimate of drug-likeness (QED) is 0.870. The van der Waals surface area contributed by atoms with Gasteiger partial charge in [0.2, 0.25) is 15.8 Å². The van der Waals surface area contributed by atoms with Gasteiger partial charge in [-0.3, -0.25) is 4.98 Å². The van der Waals surface area contributed by atoms with Crippen LogP contribution in [0.2, 0.25) is 0 Å². The molecule has 1 atom stereocenters. The van der Waals surface area contributed by atoms with Crippen molar-refractivity contribution < 1.29 is 22.7 Å². The number of nitrogens with one attached hydrogen (secondary N) is 1. The van der Waals surface area contributed by atoms with Crippen LogP contribution in [0.3, 0.4) is 0 Å². The SMILES string of the molecule is Cc1oc(C(=O)O)cc1S(=O)(=O)NC(C)c1ccccn1. The lowest BCUT2D eigenvalue weighted by atomic mass is 10.2. The zero-order valence-corrected chi connectivity index (χ0v) is 12.2. The van der Waals surface area contributed by atoms with E-state index in [-0.39, 0.29) is 10.7 Å². The van der Waals surface area contributed by atoms with Crippen LogP contribution in [0.25, 0.3) is 0 Å². The Hall–Kier alpha value is -2.19. The van der Waals surface area contributed by atoms with E-state index in [1.165, 1.54) is 6.92 Å². The second-order valence-corrected chi connectivity index (χ2v) is 6.12. The molecule has 2 N–H and O–H groups in total. The Morgan fingerprint density at radius 3 is 2.67 bits per heavy atom. The van der Waals surface area contributed by atoms with E-state index in [1.807, 2.05) is 0 Å². The van der Waals surface area contributed by atoms with Gasteiger partial charge in [0.15, 0.2) is 0 Å². The molecule has 0 amide bonds. The largest absolute Gasteiger partial charge is 0.475 e. The summed E-state index contributed by atoms with van der Waals surface area (Å²) in [5, 5.41) is 8.83. The Morgan fingerprint density at radius 1 is 1.43 bits per heavy atom. The van der Waals surface area contributed by atoms with E-state index in [1.54, 1.807) is 31.3 Å². The molecule has 0 aliphatic heterocycles. The molecular formula is C13H14N2O5S. The molecular weight excluding hydrogens is 296 g/mol. The highest BCUT2D eigenvalue weighted by Crippen LogP contribution is 2.22. The molecule has 0 saturated heterocycles. The molecule has 21 heavy (non-hydrogen) atoms. The molecule has 0 aromatic carbocycles. The van der Waals surface area contributed by atoms with Crippen molar-refractivity contribution in [2.75, 3.05) is 0 Å². The minimum Gasteiger partial charge on any atom is -0.475 e. The molecule has 0 fully saturated rings. The standard InChI is InChI=1S/C13H14N2O5S/c1-8(10-5-3-4-6-14-10)15-21(18,19)12-7-11(13(16)17)20-9(12)2/h3-8,15H,1-2H3,(H,16,17). The van der Waals surface area contributed by atoms with Gasteiger partial charge < -0.3 is 9.52 Å². The molecule has 0 radical (unpaired) electrons. The minimum atomic E-state index is -3.90. The average molecular weight is 310 g/mol. The van der Waals surface area contributed by atoms with Gasteiger partial charge in [0.25, 0.3) is 0 Å². The number of aryl methyl sites for hydroxylation is 1. The van der Waals surface area contributed by atoms with E-state index in [2.05, 4.69) is 9.71 Å². The van der Waals surface area contributed by atoms with Crippen molar-refractivity contribution >= 4 is 16.0 Å². The van der Waals surface area contributed by atoms with E-state index in [9.17, 15) is 13.2 Å². The number of nitrogens with zero attached hydrogens (tertiary/aromatic N) is 1. The number of rotatable bonds is 5. The second kappa shape index (κ2) is 5.66. The maximum Gasteiger partial charge on any atom is 0.371 e. The molecule has 0 aliphatic rings. The summed E-state index contributed by atoms with van der Waals surface area (Å²) in [6, 6.07) is 5.60. The minimum absolute atomic E-state index is 0.0214. The van der Waals surface area contributed by atoms with Crippen molar-refractivity contribution in [3.63, 3.8) is 0 Å². The van der Waals surface area contributed by atoms with Crippen molar-refractivity contribution in [3.05, 3.63) is 47.7 Å². The summed E-state index contributed by atoms with van der Waals surface area (Å²) in [6.45, 7) is 3.04. The number of aromatic carboxylic acids is 1. The number of carbonyl (C=O) groups is 1. The third kappa shape index (κ3) is 3.29. The predicted octanol–water partition coefficient (Wildman–Crippen LogP) is 1.72. The van der Waals surface area contributed by atoms with Crippen LogP contribution in [0.15, 0.2) is 39.8 Å². The van der Waals surface area contributed by atoms with Crippen molar-refractivity contribution in [3.8, 4) is 0 Å². The molecule has 8 heteroatoms. The summed E-state index contributed by atoms with van der Waals surface area (Å²) in [4.78, 5) is 14.7. The van der Waals surface area contributed by atoms with Crippen LogP contribution in [-0.4, -0.2) is 24.5 Å². The van der Waals surface area contributed by atoms with Crippen LogP contribution >= 0.6 is 0 Å². The molecule has 0 bridgehead atoms. The Labute approximate surface area is 121 Å². The first-order valence-electron chi connectivity index (χ1n) is 6.08. The third-order valence-electron chi connectivity index (χ3n) is 2.84. The lowest BCUT2D eigenvalue weighted by Crippen LogP contribution is -2.27. The topological polar surface area (TPSA) is 109 Å². The Kier molecular flexibility index (Phi) is 4.10. The number of pyridine rings is 1. The van der Waals surface area contributed by atoms with Crippen LogP contribution in [0, 0.1) is 6.92 Å². The second-order valence-electron chi connectivity index (χ2n) is 4.43. The van der Waals surface area contributed by atoms with Crippen LogP contribution in [0.1, 0.15) is 35.0 Å². The smallest absolute Gasteiger partial charge is 0.371 e. The summed E-state index contributed by atoms with van der Waals surface area (Å²) in [7, 11) is -3.90. The van der Waals surface area contributed by atoms with E-state index < -0.39 is 27.8 Å². The van der Waals surface area contributed by atoms with Gasteiger partial charge in [0.05, 0.1) is 11.7 Å². The van der Waals surface area contributed by atoms with E-state index in [4.69, 9.17) is 9.52 Å². The first-order chi connectivity index (χ1) is 9.81. The lowest BCUT2D eigenvalue weighted by Gasteiger charge is -2.13. The van der Waals surface area contributed by atoms with Crippen molar-refractivity contribution in [1.29, 1.82) is 0 Å². The molecule has 2 heterocycles. The van der Waals surface area contributed by atoms with Gasteiger partial charge in [-0.1, -0.05) is 6.07 Å². The number of hydrogen-bond acceptors (Lipinski definition) is 5. The van der Waals surface area contributed by atoms with Gasteiger partial charge in [-0.2, -0.15) is 0 Å². The number of aromatic nitrogens is 1. The van der Waals surface area contributed by atoms with Gasteiger partial charge in [-0.25, -0.2) is 17.9 Å². The van der Waals surface area contributed by atoms with Crippen LogP contribution in [0.4, 0.5) is 0 Å². The Morgan fingerprint density at radius 2 is 2.14 bits per heavy atom. The number of sulfonamides is 1. The number of furan rings is 1. The highest BCUT2D eigenvalue weighted by molar-refractivity contribution is 7.89.